The van der Waals surface area contributed by atoms with Crippen LogP contribution in [0.2, 0.25) is 0 Å². The molecule has 0 amide bonds. The number of nitrogens with zero attached hydrogens (tertiary/aromatic N) is 3. The van der Waals surface area contributed by atoms with E-state index in [4.69, 9.17) is 9.15 Å². The maximum absolute atomic E-state index is 5.59. The van der Waals surface area contributed by atoms with E-state index in [-0.39, 0.29) is 0 Å². The fraction of sp³-hybridized carbons (Fsp3) is 0.643. The minimum absolute atomic E-state index is 0.600. The van der Waals surface area contributed by atoms with E-state index in [1.54, 1.807) is 11.3 Å². The molecule has 0 aliphatic carbocycles. The Morgan fingerprint density at radius 2 is 2.19 bits per heavy atom. The fourth-order valence-corrected chi connectivity index (χ4v) is 2.86. The van der Waals surface area contributed by atoms with E-state index in [2.05, 4.69) is 29.0 Å². The van der Waals surface area contributed by atoms with Crippen LogP contribution in [0.4, 0.5) is 0 Å². The van der Waals surface area contributed by atoms with Crippen LogP contribution in [-0.2, 0) is 11.2 Å². The molecule has 0 atom stereocenters. The molecule has 5 nitrogen and oxygen atoms in total. The molecule has 0 N–H and O–H groups in total. The number of rotatable bonds is 9. The van der Waals surface area contributed by atoms with Crippen molar-refractivity contribution in [2.24, 2.45) is 5.92 Å². The average Bonchev–Trinajstić information content (AvgIpc) is 3.03. The second-order valence-corrected chi connectivity index (χ2v) is 7.25. The quantitative estimate of drug-likeness (QED) is 0.518. The highest BCUT2D eigenvalue weighted by molar-refractivity contribution is 7.99. The van der Waals surface area contributed by atoms with Crippen LogP contribution in [0.3, 0.4) is 0 Å². The van der Waals surface area contributed by atoms with Gasteiger partial charge in [-0.15, -0.1) is 21.5 Å². The van der Waals surface area contributed by atoms with Gasteiger partial charge in [-0.05, 0) is 19.3 Å². The third-order valence-electron chi connectivity index (χ3n) is 2.74. The molecule has 0 aromatic carbocycles. The first-order valence-electron chi connectivity index (χ1n) is 7.07. The third kappa shape index (κ3) is 6.15. The van der Waals surface area contributed by atoms with Crippen LogP contribution in [0.5, 0.6) is 0 Å². The van der Waals surface area contributed by atoms with Gasteiger partial charge in [-0.2, -0.15) is 0 Å². The van der Waals surface area contributed by atoms with Crippen LogP contribution in [0, 0.1) is 12.8 Å². The van der Waals surface area contributed by atoms with Crippen molar-refractivity contribution in [2.75, 3.05) is 19.0 Å². The van der Waals surface area contributed by atoms with E-state index in [1.807, 2.05) is 12.3 Å². The minimum atomic E-state index is 0.600. The molecule has 0 radical (unpaired) electrons. The minimum Gasteiger partial charge on any atom is -0.416 e. The van der Waals surface area contributed by atoms with Crippen LogP contribution in [-0.4, -0.2) is 34.1 Å². The van der Waals surface area contributed by atoms with E-state index in [9.17, 15) is 0 Å². The van der Waals surface area contributed by atoms with Crippen molar-refractivity contribution in [3.05, 3.63) is 22.0 Å². The van der Waals surface area contributed by atoms with Crippen molar-refractivity contribution < 1.29 is 9.15 Å². The highest BCUT2D eigenvalue weighted by atomic mass is 32.2. The predicted molar refractivity (Wildman–Crippen MR) is 85.0 cm³/mol. The lowest BCUT2D eigenvalue weighted by atomic mass is 10.1. The summed E-state index contributed by atoms with van der Waals surface area (Å²) in [7, 11) is 0. The second kappa shape index (κ2) is 8.51. The Morgan fingerprint density at radius 3 is 2.90 bits per heavy atom. The highest BCUT2D eigenvalue weighted by Crippen LogP contribution is 2.18. The molecular formula is C14H21N3O2S2. The Hall–Kier alpha value is -0.920. The molecule has 116 valence electrons. The van der Waals surface area contributed by atoms with Crippen LogP contribution in [0.15, 0.2) is 15.0 Å². The van der Waals surface area contributed by atoms with Gasteiger partial charge in [0.15, 0.2) is 0 Å². The maximum atomic E-state index is 5.59. The Balaban J connectivity index is 1.66. The van der Waals surface area contributed by atoms with Gasteiger partial charge in [0.1, 0.15) is 0 Å². The van der Waals surface area contributed by atoms with Gasteiger partial charge in [0.2, 0.25) is 5.89 Å². The van der Waals surface area contributed by atoms with Crippen LogP contribution in [0.1, 0.15) is 36.9 Å². The Bertz CT molecular complexity index is 540. The summed E-state index contributed by atoms with van der Waals surface area (Å²) in [5.74, 6) is 2.13. The zero-order valence-electron chi connectivity index (χ0n) is 12.7. The molecule has 0 aliphatic heterocycles. The van der Waals surface area contributed by atoms with Crippen molar-refractivity contribution in [1.82, 2.24) is 15.2 Å². The smallest absolute Gasteiger partial charge is 0.276 e. The molecule has 2 aromatic heterocycles. The summed E-state index contributed by atoms with van der Waals surface area (Å²) in [6.45, 7) is 7.91. The lowest BCUT2D eigenvalue weighted by molar-refractivity contribution is 0.138. The molecule has 2 rings (SSSR count). The van der Waals surface area contributed by atoms with E-state index >= 15 is 0 Å². The molecule has 0 fully saturated rings. The number of aryl methyl sites for hydroxylation is 1. The molecule has 0 spiro atoms. The maximum Gasteiger partial charge on any atom is 0.276 e. The van der Waals surface area contributed by atoms with Crippen LogP contribution >= 0.6 is 23.1 Å². The van der Waals surface area contributed by atoms with Crippen LogP contribution in [0.25, 0.3) is 0 Å². The van der Waals surface area contributed by atoms with Gasteiger partial charge in [-0.3, -0.25) is 0 Å². The zero-order valence-corrected chi connectivity index (χ0v) is 14.3. The third-order valence-corrected chi connectivity index (χ3v) is 4.35. The first-order chi connectivity index (χ1) is 10.1. The molecule has 0 saturated carbocycles. The zero-order chi connectivity index (χ0) is 15.1. The predicted octanol–water partition coefficient (Wildman–Crippen LogP) is 3.58. The molecule has 0 bridgehead atoms. The van der Waals surface area contributed by atoms with Crippen LogP contribution < -0.4 is 0 Å². The van der Waals surface area contributed by atoms with Gasteiger partial charge in [-0.1, -0.05) is 25.6 Å². The van der Waals surface area contributed by atoms with E-state index in [1.165, 1.54) is 11.8 Å². The second-order valence-electron chi connectivity index (χ2n) is 5.14. The van der Waals surface area contributed by atoms with Crippen molar-refractivity contribution in [1.29, 1.82) is 0 Å². The lowest BCUT2D eigenvalue weighted by Crippen LogP contribution is -2.02. The van der Waals surface area contributed by atoms with Gasteiger partial charge in [0.25, 0.3) is 5.22 Å². The molecule has 2 aromatic rings. The van der Waals surface area contributed by atoms with Gasteiger partial charge in [-0.25, -0.2) is 4.98 Å². The summed E-state index contributed by atoms with van der Waals surface area (Å²) < 4.78 is 11.1. The summed E-state index contributed by atoms with van der Waals surface area (Å²) in [4.78, 5) is 4.39. The first-order valence-corrected chi connectivity index (χ1v) is 8.94. The Labute approximate surface area is 133 Å². The molecule has 21 heavy (non-hydrogen) atoms. The number of hydrogen-bond acceptors (Lipinski definition) is 7. The summed E-state index contributed by atoms with van der Waals surface area (Å²) >= 11 is 3.16. The average molecular weight is 327 g/mol. The standard InChI is InChI=1S/C14H21N3O2S2/c1-10(2)4-5-18-6-7-20-14-17-16-13(19-14)8-12-9-21-11(3)15-12/h9-10H,4-8H2,1-3H3. The topological polar surface area (TPSA) is 61.0 Å². The van der Waals surface area contributed by atoms with Crippen molar-refractivity contribution in [3.63, 3.8) is 0 Å². The highest BCUT2D eigenvalue weighted by Gasteiger charge is 2.09. The summed E-state index contributed by atoms with van der Waals surface area (Å²) in [6, 6.07) is 0. The van der Waals surface area contributed by atoms with E-state index in [0.717, 1.165) is 29.5 Å². The summed E-state index contributed by atoms with van der Waals surface area (Å²) in [6.07, 6.45) is 1.70. The number of ether oxygens (including phenoxy) is 1. The van der Waals surface area contributed by atoms with Gasteiger partial charge in [0.05, 0.1) is 23.7 Å². The van der Waals surface area contributed by atoms with Crippen molar-refractivity contribution in [3.8, 4) is 0 Å². The Morgan fingerprint density at radius 1 is 1.33 bits per heavy atom. The first kappa shape index (κ1) is 16.5. The molecule has 7 heteroatoms. The number of aromatic nitrogens is 3. The summed E-state index contributed by atoms with van der Waals surface area (Å²) in [5, 5.41) is 11.8. The van der Waals surface area contributed by atoms with E-state index in [0.29, 0.717) is 30.1 Å². The molecule has 2 heterocycles. The summed E-state index contributed by atoms with van der Waals surface area (Å²) in [5.41, 5.74) is 0.981. The number of thiazole rings is 1. The number of hydrogen-bond donors (Lipinski definition) is 0. The van der Waals surface area contributed by atoms with Gasteiger partial charge < -0.3 is 9.15 Å². The van der Waals surface area contributed by atoms with Gasteiger partial charge >= 0.3 is 0 Å². The van der Waals surface area contributed by atoms with Crippen molar-refractivity contribution in [2.45, 2.75) is 38.8 Å². The SMILES string of the molecule is Cc1nc(Cc2nnc(SCCOCCC(C)C)o2)cs1. The Kier molecular flexibility index (Phi) is 6.66. The molecular weight excluding hydrogens is 306 g/mol. The lowest BCUT2D eigenvalue weighted by Gasteiger charge is -2.04. The fourth-order valence-electron chi connectivity index (χ4n) is 1.62. The molecule has 0 unspecified atom stereocenters. The molecule has 0 saturated heterocycles. The monoisotopic (exact) mass is 327 g/mol. The molecule has 0 aliphatic rings. The van der Waals surface area contributed by atoms with Gasteiger partial charge in [0, 0.05) is 17.7 Å². The largest absolute Gasteiger partial charge is 0.416 e. The number of thioether (sulfide) groups is 1. The van der Waals surface area contributed by atoms with E-state index < -0.39 is 0 Å². The van der Waals surface area contributed by atoms with Crippen molar-refractivity contribution >= 4 is 23.1 Å². The normalized spacial score (nSPS) is 11.4.